The molecule has 0 spiro atoms. The first-order valence-corrected chi connectivity index (χ1v) is 14.2. The second-order valence-electron chi connectivity index (χ2n) is 4.11. The summed E-state index contributed by atoms with van der Waals surface area (Å²) >= 11 is -0.472. The summed E-state index contributed by atoms with van der Waals surface area (Å²) in [6.45, 7) is 6.96. The van der Waals surface area contributed by atoms with Gasteiger partial charge in [-0.1, -0.05) is 40.0 Å². The molecular weight excluding hydrogens is 441 g/mol. The Morgan fingerprint density at radius 1 is 0.750 bits per heavy atom. The zero-order valence-corrected chi connectivity index (χ0v) is 15.7. The third-order valence-electron chi connectivity index (χ3n) is 2.65. The topological polar surface area (TPSA) is 0 Å². The molecule has 0 aliphatic heterocycles. The van der Waals surface area contributed by atoms with E-state index >= 15 is 0 Å². The van der Waals surface area contributed by atoms with Crippen LogP contribution in [0.15, 0.2) is 0 Å². The molecule has 0 nitrogen and oxygen atoms in total. The molecule has 4 heteroatoms. The summed E-state index contributed by atoms with van der Waals surface area (Å²) in [5.74, 6) is 0. The first-order chi connectivity index (χ1) is 7.76. The van der Waals surface area contributed by atoms with Gasteiger partial charge in [-0.15, -0.1) is 0 Å². The number of hydrogen-bond donors (Lipinski definition) is 0. The van der Waals surface area contributed by atoms with Crippen LogP contribution in [-0.2, 0) is 16.5 Å². The third-order valence-corrected chi connectivity index (χ3v) is 5.83. The van der Waals surface area contributed by atoms with Crippen LogP contribution in [0.5, 0.6) is 0 Å². The van der Waals surface area contributed by atoms with Gasteiger partial charge in [-0.05, 0) is 19.3 Å². The van der Waals surface area contributed by atoms with E-state index in [-0.39, 0.29) is 7.92 Å². The molecule has 0 saturated carbocycles. The molecule has 0 fully saturated rings. The van der Waals surface area contributed by atoms with Crippen LogP contribution in [0.4, 0.5) is 0 Å². The molecule has 0 atom stereocenters. The fourth-order valence-electron chi connectivity index (χ4n) is 1.66. The number of rotatable bonds is 9. The van der Waals surface area contributed by atoms with Crippen LogP contribution in [0.3, 0.4) is 0 Å². The first kappa shape index (κ1) is 20.0. The van der Waals surface area contributed by atoms with Gasteiger partial charge in [-0.25, -0.2) is 0 Å². The van der Waals surface area contributed by atoms with Gasteiger partial charge >= 0.3 is 35.3 Å². The minimum absolute atomic E-state index is 0.0675. The quantitative estimate of drug-likeness (QED) is 0.365. The zero-order chi connectivity index (χ0) is 12.6. The Balaban J connectivity index is 0. The molecule has 0 aromatic heterocycles. The van der Waals surface area contributed by atoms with E-state index in [0.717, 1.165) is 0 Å². The summed E-state index contributed by atoms with van der Waals surface area (Å²) in [5.41, 5.74) is 0. The van der Waals surface area contributed by atoms with Gasteiger partial charge in [-0.2, -0.15) is 0 Å². The monoisotopic (exact) mass is 468 g/mol. The van der Waals surface area contributed by atoms with Crippen LogP contribution >= 0.6 is 26.8 Å². The SMILES string of the molecule is CCCC[PH+](CCCC)CCCC.[Cl][Pt][Cl]. The van der Waals surface area contributed by atoms with Crippen molar-refractivity contribution in [3.8, 4) is 0 Å². The molecule has 0 amide bonds. The van der Waals surface area contributed by atoms with E-state index in [9.17, 15) is 0 Å². The van der Waals surface area contributed by atoms with Gasteiger partial charge in [-0.3, -0.25) is 0 Å². The van der Waals surface area contributed by atoms with Crippen LogP contribution < -0.4 is 0 Å². The summed E-state index contributed by atoms with van der Waals surface area (Å²) in [4.78, 5) is 0. The van der Waals surface area contributed by atoms with E-state index < -0.39 is 16.5 Å². The summed E-state index contributed by atoms with van der Waals surface area (Å²) in [6, 6.07) is 0. The van der Waals surface area contributed by atoms with Gasteiger partial charge in [0.2, 0.25) is 0 Å². The van der Waals surface area contributed by atoms with E-state index in [1.165, 1.54) is 38.5 Å². The Morgan fingerprint density at radius 2 is 1.00 bits per heavy atom. The molecular formula is C12H28Cl2PPt+. The molecule has 0 aliphatic carbocycles. The third kappa shape index (κ3) is 18.1. The molecule has 0 radical (unpaired) electrons. The Bertz CT molecular complexity index is 96.2. The average Bonchev–Trinajstić information content (AvgIpc) is 2.29. The van der Waals surface area contributed by atoms with E-state index in [2.05, 4.69) is 20.8 Å². The molecule has 0 saturated heterocycles. The maximum absolute atomic E-state index is 4.88. The molecule has 16 heavy (non-hydrogen) atoms. The van der Waals surface area contributed by atoms with Crippen molar-refractivity contribution in [2.24, 2.45) is 0 Å². The fourth-order valence-corrected chi connectivity index (χ4v) is 4.97. The van der Waals surface area contributed by atoms with Crippen molar-refractivity contribution in [2.75, 3.05) is 18.5 Å². The Morgan fingerprint density at radius 3 is 1.19 bits per heavy atom. The second-order valence-corrected chi connectivity index (χ2v) is 10.4. The molecule has 0 aromatic carbocycles. The summed E-state index contributed by atoms with van der Waals surface area (Å²) in [6.07, 6.45) is 13.4. The second kappa shape index (κ2) is 19.0. The normalized spacial score (nSPS) is 10.4. The van der Waals surface area contributed by atoms with Gasteiger partial charge < -0.3 is 0 Å². The summed E-state index contributed by atoms with van der Waals surface area (Å²) in [5, 5.41) is 0. The van der Waals surface area contributed by atoms with Crippen LogP contribution in [-0.4, -0.2) is 18.5 Å². The van der Waals surface area contributed by atoms with E-state index in [0.29, 0.717) is 0 Å². The molecule has 0 rings (SSSR count). The summed E-state index contributed by atoms with van der Waals surface area (Å²) in [7, 11) is 9.82. The van der Waals surface area contributed by atoms with Crippen molar-refractivity contribution in [3.05, 3.63) is 0 Å². The van der Waals surface area contributed by atoms with Gasteiger partial charge in [0.05, 0.1) is 18.5 Å². The van der Waals surface area contributed by atoms with Gasteiger partial charge in [0.15, 0.2) is 0 Å². The van der Waals surface area contributed by atoms with Crippen molar-refractivity contribution < 1.29 is 16.5 Å². The molecule has 0 aromatic rings. The van der Waals surface area contributed by atoms with Crippen LogP contribution in [0.1, 0.15) is 59.3 Å². The van der Waals surface area contributed by atoms with E-state index in [1.807, 2.05) is 0 Å². The number of halogens is 2. The van der Waals surface area contributed by atoms with Gasteiger partial charge in [0, 0.05) is 7.92 Å². The number of unbranched alkanes of at least 4 members (excludes halogenated alkanes) is 3. The molecule has 0 heterocycles. The Hall–Kier alpha value is 1.70. The first-order valence-electron chi connectivity index (χ1n) is 6.42. The average molecular weight is 469 g/mol. The maximum atomic E-state index is 4.88. The summed E-state index contributed by atoms with van der Waals surface area (Å²) < 4.78 is 0. The minimum atomic E-state index is -0.472. The van der Waals surface area contributed by atoms with Crippen molar-refractivity contribution in [3.63, 3.8) is 0 Å². The molecule has 0 unspecified atom stereocenters. The van der Waals surface area contributed by atoms with Crippen molar-refractivity contribution in [1.82, 2.24) is 0 Å². The van der Waals surface area contributed by atoms with Gasteiger partial charge in [0.1, 0.15) is 0 Å². The van der Waals surface area contributed by atoms with Gasteiger partial charge in [0.25, 0.3) is 0 Å². The van der Waals surface area contributed by atoms with Crippen molar-refractivity contribution >= 4 is 26.8 Å². The van der Waals surface area contributed by atoms with Crippen molar-refractivity contribution in [2.45, 2.75) is 59.3 Å². The predicted octanol–water partition coefficient (Wildman–Crippen LogP) is 5.98. The molecule has 0 aliphatic rings. The number of hydrogen-bond acceptors (Lipinski definition) is 0. The van der Waals surface area contributed by atoms with E-state index in [1.54, 1.807) is 18.5 Å². The molecule has 0 N–H and O–H groups in total. The predicted molar refractivity (Wildman–Crippen MR) is 79.3 cm³/mol. The van der Waals surface area contributed by atoms with Crippen LogP contribution in [0.25, 0.3) is 0 Å². The standard InChI is InChI=1S/C12H27P.2ClH.Pt/c1-4-7-10-13(11-8-5-2)12-9-6-3;;;/h4-12H2,1-3H3;2*1H;/q;;;+2/p-1. The van der Waals surface area contributed by atoms with Crippen LogP contribution in [0, 0.1) is 0 Å². The Labute approximate surface area is 120 Å². The Kier molecular flexibility index (Phi) is 23.8. The fraction of sp³-hybridized carbons (Fsp3) is 1.00. The van der Waals surface area contributed by atoms with E-state index in [4.69, 9.17) is 18.8 Å². The van der Waals surface area contributed by atoms with Crippen molar-refractivity contribution in [1.29, 1.82) is 0 Å². The van der Waals surface area contributed by atoms with Crippen LogP contribution in [0.2, 0.25) is 0 Å². The zero-order valence-electron chi connectivity index (χ0n) is 10.9. The molecule has 0 bridgehead atoms. The molecule has 104 valence electrons.